The topological polar surface area (TPSA) is 115 Å². The molecule has 3 N–H and O–H groups in total. The highest BCUT2D eigenvalue weighted by atomic mass is 16.3. The highest BCUT2D eigenvalue weighted by molar-refractivity contribution is 5.91. The van der Waals surface area contributed by atoms with Crippen LogP contribution in [0.25, 0.3) is 17.4 Å². The Balaban J connectivity index is 1.64. The minimum absolute atomic E-state index is 0.133. The summed E-state index contributed by atoms with van der Waals surface area (Å²) < 4.78 is 7.41. The third kappa shape index (κ3) is 4.36. The lowest BCUT2D eigenvalue weighted by Gasteiger charge is -2.15. The summed E-state index contributed by atoms with van der Waals surface area (Å²) in [4.78, 5) is 23.7. The van der Waals surface area contributed by atoms with E-state index in [1.165, 1.54) is 0 Å². The summed E-state index contributed by atoms with van der Waals surface area (Å²) in [7, 11) is 0. The van der Waals surface area contributed by atoms with Crippen molar-refractivity contribution in [3.63, 3.8) is 0 Å². The number of furan rings is 1. The largest absolute Gasteiger partial charge is 0.458 e. The lowest BCUT2D eigenvalue weighted by Crippen LogP contribution is -2.33. The van der Waals surface area contributed by atoms with Crippen LogP contribution < -0.4 is 11.1 Å². The molecule has 4 rings (SSSR count). The number of nitrogens with two attached hydrogens (primary N) is 1. The van der Waals surface area contributed by atoms with Crippen molar-refractivity contribution in [2.24, 2.45) is 5.73 Å². The lowest BCUT2D eigenvalue weighted by molar-refractivity contribution is -0.117. The fourth-order valence-corrected chi connectivity index (χ4v) is 3.52. The third-order valence-corrected chi connectivity index (χ3v) is 4.84. The second kappa shape index (κ2) is 7.76. The Morgan fingerprint density at radius 3 is 2.72 bits per heavy atom. The van der Waals surface area contributed by atoms with Crippen LogP contribution in [-0.2, 0) is 4.79 Å². The number of carbonyl (C=O) groups is 1. The lowest BCUT2D eigenvalue weighted by atomic mass is 10.3. The molecule has 4 heterocycles. The van der Waals surface area contributed by atoms with Crippen molar-refractivity contribution < 1.29 is 9.21 Å². The summed E-state index contributed by atoms with van der Waals surface area (Å²) in [5.41, 5.74) is 7.74. The van der Waals surface area contributed by atoms with Crippen molar-refractivity contribution in [1.82, 2.24) is 24.6 Å². The number of carbonyl (C=O) groups excluding carboxylic acids is 1. The Bertz CT molecular complexity index is 1040. The molecule has 1 amide bonds. The van der Waals surface area contributed by atoms with E-state index >= 15 is 0 Å². The molecular weight excluding hydrogens is 370 g/mol. The van der Waals surface area contributed by atoms with E-state index in [1.54, 1.807) is 10.7 Å². The van der Waals surface area contributed by atoms with Crippen molar-refractivity contribution in [3.8, 4) is 17.4 Å². The number of aryl methyl sites for hydroxylation is 3. The molecule has 0 bridgehead atoms. The Labute approximate surface area is 168 Å². The van der Waals surface area contributed by atoms with Crippen LogP contribution >= 0.6 is 0 Å². The maximum absolute atomic E-state index is 12.5. The number of hydrogen-bond donors (Lipinski definition) is 2. The molecule has 9 nitrogen and oxygen atoms in total. The van der Waals surface area contributed by atoms with Gasteiger partial charge in [0, 0.05) is 30.9 Å². The smallest absolute Gasteiger partial charge is 0.239 e. The number of aromatic nitrogens is 4. The summed E-state index contributed by atoms with van der Waals surface area (Å²) in [5.74, 6) is 2.51. The molecule has 0 saturated carbocycles. The quantitative estimate of drug-likeness (QED) is 0.677. The van der Waals surface area contributed by atoms with Gasteiger partial charge in [0.05, 0.1) is 12.2 Å². The normalized spacial score (nSPS) is 17.0. The third-order valence-electron chi connectivity index (χ3n) is 4.84. The van der Waals surface area contributed by atoms with Crippen LogP contribution in [0.4, 0.5) is 5.82 Å². The fourth-order valence-electron chi connectivity index (χ4n) is 3.52. The maximum Gasteiger partial charge on any atom is 0.239 e. The van der Waals surface area contributed by atoms with Gasteiger partial charge in [0.15, 0.2) is 17.4 Å². The molecule has 0 radical (unpaired) electrons. The molecule has 152 valence electrons. The van der Waals surface area contributed by atoms with Gasteiger partial charge in [-0.1, -0.05) is 0 Å². The minimum atomic E-state index is -0.140. The first kappa shape index (κ1) is 19.3. The van der Waals surface area contributed by atoms with E-state index in [9.17, 15) is 4.79 Å². The molecule has 9 heteroatoms. The predicted molar refractivity (Wildman–Crippen MR) is 109 cm³/mol. The van der Waals surface area contributed by atoms with Gasteiger partial charge in [-0.2, -0.15) is 5.10 Å². The molecule has 1 unspecified atom stereocenters. The van der Waals surface area contributed by atoms with Crippen molar-refractivity contribution >= 4 is 11.7 Å². The van der Waals surface area contributed by atoms with Crippen LogP contribution in [-0.4, -0.2) is 56.2 Å². The summed E-state index contributed by atoms with van der Waals surface area (Å²) >= 11 is 0. The Morgan fingerprint density at radius 2 is 2.10 bits per heavy atom. The van der Waals surface area contributed by atoms with Gasteiger partial charge in [0.1, 0.15) is 11.6 Å². The molecule has 1 aliphatic heterocycles. The zero-order chi connectivity index (χ0) is 20.5. The fraction of sp³-hybridized carbons (Fsp3) is 0.400. The van der Waals surface area contributed by atoms with E-state index in [1.807, 2.05) is 43.9 Å². The number of likely N-dealkylation sites (tertiary alicyclic amines) is 1. The first-order valence-corrected chi connectivity index (χ1v) is 9.65. The van der Waals surface area contributed by atoms with E-state index in [-0.39, 0.29) is 18.5 Å². The van der Waals surface area contributed by atoms with Gasteiger partial charge in [0.25, 0.3) is 0 Å². The first-order valence-electron chi connectivity index (χ1n) is 9.65. The molecule has 29 heavy (non-hydrogen) atoms. The number of anilines is 1. The van der Waals surface area contributed by atoms with Crippen LogP contribution in [0.1, 0.15) is 23.6 Å². The molecule has 1 fully saturated rings. The molecule has 3 aromatic rings. The molecule has 0 aliphatic carbocycles. The number of rotatable bonds is 5. The van der Waals surface area contributed by atoms with E-state index < -0.39 is 0 Å². The summed E-state index contributed by atoms with van der Waals surface area (Å²) in [5, 5.41) is 7.37. The second-order valence-electron chi connectivity index (χ2n) is 7.52. The molecule has 1 saturated heterocycles. The van der Waals surface area contributed by atoms with Crippen LogP contribution in [0.15, 0.2) is 28.7 Å². The van der Waals surface area contributed by atoms with Crippen molar-refractivity contribution in [3.05, 3.63) is 41.4 Å². The molecule has 3 aromatic heterocycles. The Hall–Kier alpha value is -3.04. The van der Waals surface area contributed by atoms with E-state index in [0.717, 1.165) is 36.7 Å². The van der Waals surface area contributed by atoms with Crippen molar-refractivity contribution in [2.45, 2.75) is 33.2 Å². The Morgan fingerprint density at radius 1 is 1.28 bits per heavy atom. The second-order valence-corrected chi connectivity index (χ2v) is 7.52. The average Bonchev–Trinajstić information content (AvgIpc) is 3.35. The van der Waals surface area contributed by atoms with E-state index in [0.29, 0.717) is 23.2 Å². The molecular formula is C20H25N7O2. The van der Waals surface area contributed by atoms with Gasteiger partial charge >= 0.3 is 0 Å². The molecule has 0 spiro atoms. The van der Waals surface area contributed by atoms with Gasteiger partial charge in [0.2, 0.25) is 5.91 Å². The minimum Gasteiger partial charge on any atom is -0.458 e. The molecule has 1 aliphatic rings. The van der Waals surface area contributed by atoms with Crippen LogP contribution in [0.2, 0.25) is 0 Å². The Kier molecular flexibility index (Phi) is 5.16. The molecule has 0 aromatic carbocycles. The van der Waals surface area contributed by atoms with Crippen molar-refractivity contribution in [1.29, 1.82) is 0 Å². The van der Waals surface area contributed by atoms with E-state index in [4.69, 9.17) is 10.2 Å². The summed E-state index contributed by atoms with van der Waals surface area (Å²) in [6, 6.07) is 7.48. The maximum atomic E-state index is 12.5. The van der Waals surface area contributed by atoms with E-state index in [2.05, 4.69) is 20.4 Å². The zero-order valence-corrected chi connectivity index (χ0v) is 16.8. The van der Waals surface area contributed by atoms with Crippen LogP contribution in [0.5, 0.6) is 0 Å². The van der Waals surface area contributed by atoms with Gasteiger partial charge in [-0.3, -0.25) is 9.69 Å². The standard InChI is InChI=1S/C20H25N7O2/c1-12-8-13(2)27(25-12)18-9-17(22-19(28)11-26-7-6-15(21)10-26)23-20(24-18)16-5-4-14(3)29-16/h4-5,8-9,15H,6-7,10-11,21H2,1-3H3,(H,22,23,24,28). The van der Waals surface area contributed by atoms with Gasteiger partial charge in [-0.05, 0) is 45.4 Å². The van der Waals surface area contributed by atoms with Gasteiger partial charge in [-0.25, -0.2) is 14.6 Å². The van der Waals surface area contributed by atoms with Crippen molar-refractivity contribution in [2.75, 3.05) is 25.0 Å². The number of amides is 1. The van der Waals surface area contributed by atoms with Gasteiger partial charge < -0.3 is 15.5 Å². The predicted octanol–water partition coefficient (Wildman–Crippen LogP) is 1.82. The highest BCUT2D eigenvalue weighted by Crippen LogP contribution is 2.23. The monoisotopic (exact) mass is 395 g/mol. The summed E-state index contributed by atoms with van der Waals surface area (Å²) in [6.45, 7) is 7.57. The van der Waals surface area contributed by atoms with Gasteiger partial charge in [-0.15, -0.1) is 0 Å². The number of hydrogen-bond acceptors (Lipinski definition) is 7. The number of nitrogens with zero attached hydrogens (tertiary/aromatic N) is 5. The van der Waals surface area contributed by atoms with Crippen LogP contribution in [0, 0.1) is 20.8 Å². The summed E-state index contributed by atoms with van der Waals surface area (Å²) in [6.07, 6.45) is 0.908. The van der Waals surface area contributed by atoms with Crippen LogP contribution in [0.3, 0.4) is 0 Å². The SMILES string of the molecule is Cc1cc(C)n(-c2cc(NC(=O)CN3CCC(N)C3)nc(-c3ccc(C)o3)n2)n1. The number of nitrogens with one attached hydrogen (secondary N) is 1. The highest BCUT2D eigenvalue weighted by Gasteiger charge is 2.22. The average molecular weight is 395 g/mol. The zero-order valence-electron chi connectivity index (χ0n) is 16.8. The molecule has 1 atom stereocenters. The first-order chi connectivity index (χ1) is 13.9.